The summed E-state index contributed by atoms with van der Waals surface area (Å²) in [6.07, 6.45) is 1.56. The number of methoxy groups -OCH3 is 2. The first-order valence-electron chi connectivity index (χ1n) is 6.31. The maximum Gasteiger partial charge on any atom is 0.127 e. The summed E-state index contributed by atoms with van der Waals surface area (Å²) in [6.45, 7) is 0. The van der Waals surface area contributed by atoms with Gasteiger partial charge in [0.25, 0.3) is 0 Å². The maximum atomic E-state index is 6.28. The first-order valence-corrected chi connectivity index (χ1v) is 7.07. The minimum absolute atomic E-state index is 0.277. The van der Waals surface area contributed by atoms with Gasteiger partial charge >= 0.3 is 0 Å². The lowest BCUT2D eigenvalue weighted by atomic mass is 10.0. The molecule has 1 heterocycles. The molecule has 4 nitrogen and oxygen atoms in total. The summed E-state index contributed by atoms with van der Waals surface area (Å²) in [5.41, 5.74) is 1.49. The third kappa shape index (κ3) is 3.23. The number of nitrogens with one attached hydrogen (secondary N) is 1. The minimum atomic E-state index is -0.277. The van der Waals surface area contributed by atoms with Crippen LogP contribution in [0.2, 0.25) is 10.0 Å². The molecule has 21 heavy (non-hydrogen) atoms. The molecule has 0 saturated carbocycles. The summed E-state index contributed by atoms with van der Waals surface area (Å²) in [5, 5.41) is 4.17. The van der Waals surface area contributed by atoms with E-state index < -0.39 is 0 Å². The molecule has 0 amide bonds. The molecule has 1 N–H and O–H groups in total. The van der Waals surface area contributed by atoms with Crippen molar-refractivity contribution in [1.29, 1.82) is 0 Å². The SMILES string of the molecule is CNC(c1ncc(Cl)cc1Cl)c1c(OC)cccc1OC. The number of hydrogen-bond acceptors (Lipinski definition) is 4. The highest BCUT2D eigenvalue weighted by Crippen LogP contribution is 2.38. The molecule has 0 spiro atoms. The van der Waals surface area contributed by atoms with E-state index >= 15 is 0 Å². The molecule has 2 rings (SSSR count). The third-order valence-electron chi connectivity index (χ3n) is 3.15. The zero-order valence-electron chi connectivity index (χ0n) is 12.0. The lowest BCUT2D eigenvalue weighted by Gasteiger charge is -2.22. The highest BCUT2D eigenvalue weighted by atomic mass is 35.5. The molecule has 1 aromatic carbocycles. The standard InChI is InChI=1S/C15H16Cl2N2O2/c1-18-15(14-10(17)7-9(16)8-19-14)13-11(20-2)5-4-6-12(13)21-3/h4-8,15,18H,1-3H3. The van der Waals surface area contributed by atoms with Crippen LogP contribution in [0.5, 0.6) is 11.5 Å². The first-order chi connectivity index (χ1) is 10.1. The Balaban J connectivity index is 2.61. The van der Waals surface area contributed by atoms with Crippen LogP contribution < -0.4 is 14.8 Å². The summed E-state index contributed by atoms with van der Waals surface area (Å²) in [6, 6.07) is 6.99. The third-order valence-corrected chi connectivity index (χ3v) is 3.66. The largest absolute Gasteiger partial charge is 0.496 e. The zero-order chi connectivity index (χ0) is 15.4. The molecule has 0 aliphatic rings. The average Bonchev–Trinajstić information content (AvgIpc) is 2.49. The van der Waals surface area contributed by atoms with E-state index in [-0.39, 0.29) is 6.04 Å². The van der Waals surface area contributed by atoms with Crippen LogP contribution in [-0.4, -0.2) is 26.3 Å². The van der Waals surface area contributed by atoms with Gasteiger partial charge in [-0.25, -0.2) is 0 Å². The van der Waals surface area contributed by atoms with Gasteiger partial charge in [0.15, 0.2) is 0 Å². The topological polar surface area (TPSA) is 43.4 Å². The molecule has 0 bridgehead atoms. The van der Waals surface area contributed by atoms with Crippen LogP contribution in [-0.2, 0) is 0 Å². The lowest BCUT2D eigenvalue weighted by Crippen LogP contribution is -2.21. The number of benzene rings is 1. The Hall–Kier alpha value is -1.49. The second-order valence-corrected chi connectivity index (χ2v) is 5.16. The molecule has 0 fully saturated rings. The predicted octanol–water partition coefficient (Wildman–Crippen LogP) is 3.71. The summed E-state index contributed by atoms with van der Waals surface area (Å²) in [7, 11) is 5.05. The first kappa shape index (κ1) is 15.9. The van der Waals surface area contributed by atoms with Gasteiger partial charge in [-0.2, -0.15) is 0 Å². The Kier molecular flexibility index (Phi) is 5.28. The summed E-state index contributed by atoms with van der Waals surface area (Å²) in [4.78, 5) is 4.34. The van der Waals surface area contributed by atoms with Crippen molar-refractivity contribution in [2.45, 2.75) is 6.04 Å². The van der Waals surface area contributed by atoms with Gasteiger partial charge in [-0.15, -0.1) is 0 Å². The Morgan fingerprint density at radius 2 is 1.76 bits per heavy atom. The van der Waals surface area contributed by atoms with Crippen molar-refractivity contribution in [3.05, 3.63) is 51.8 Å². The van der Waals surface area contributed by atoms with E-state index in [1.54, 1.807) is 26.5 Å². The fourth-order valence-electron chi connectivity index (χ4n) is 2.22. The van der Waals surface area contributed by atoms with Crippen LogP contribution in [0, 0.1) is 0 Å². The summed E-state index contributed by atoms with van der Waals surface area (Å²) >= 11 is 12.2. The van der Waals surface area contributed by atoms with Crippen LogP contribution in [0.4, 0.5) is 0 Å². The molecule has 0 saturated heterocycles. The molecule has 1 atom stereocenters. The molecule has 1 aromatic heterocycles. The number of pyridine rings is 1. The van der Waals surface area contributed by atoms with Gasteiger partial charge in [-0.3, -0.25) is 4.98 Å². The molecule has 6 heteroatoms. The molecule has 0 radical (unpaired) electrons. The molecular formula is C15H16Cl2N2O2. The van der Waals surface area contributed by atoms with Crippen molar-refractivity contribution in [2.24, 2.45) is 0 Å². The fraction of sp³-hybridized carbons (Fsp3) is 0.267. The lowest BCUT2D eigenvalue weighted by molar-refractivity contribution is 0.378. The molecular weight excluding hydrogens is 311 g/mol. The highest BCUT2D eigenvalue weighted by molar-refractivity contribution is 6.34. The second-order valence-electron chi connectivity index (χ2n) is 4.32. The average molecular weight is 327 g/mol. The fourth-order valence-corrected chi connectivity index (χ4v) is 2.71. The van der Waals surface area contributed by atoms with Gasteiger partial charge < -0.3 is 14.8 Å². The Morgan fingerprint density at radius 3 is 2.24 bits per heavy atom. The van der Waals surface area contributed by atoms with Crippen molar-refractivity contribution in [2.75, 3.05) is 21.3 Å². The van der Waals surface area contributed by atoms with Gasteiger partial charge in [0.1, 0.15) is 11.5 Å². The van der Waals surface area contributed by atoms with E-state index in [2.05, 4.69) is 10.3 Å². The van der Waals surface area contributed by atoms with E-state index in [4.69, 9.17) is 32.7 Å². The zero-order valence-corrected chi connectivity index (χ0v) is 13.5. The highest BCUT2D eigenvalue weighted by Gasteiger charge is 2.24. The van der Waals surface area contributed by atoms with Gasteiger partial charge in [0.05, 0.1) is 41.6 Å². The van der Waals surface area contributed by atoms with E-state index in [1.165, 1.54) is 0 Å². The number of ether oxygens (including phenoxy) is 2. The van der Waals surface area contributed by atoms with Crippen LogP contribution in [0.25, 0.3) is 0 Å². The molecule has 112 valence electrons. The van der Waals surface area contributed by atoms with Crippen molar-refractivity contribution < 1.29 is 9.47 Å². The van der Waals surface area contributed by atoms with E-state index in [1.807, 2.05) is 25.2 Å². The van der Waals surface area contributed by atoms with Gasteiger partial charge in [0.2, 0.25) is 0 Å². The normalized spacial score (nSPS) is 12.0. The molecule has 0 aliphatic heterocycles. The Bertz CT molecular complexity index is 613. The molecule has 0 aliphatic carbocycles. The van der Waals surface area contributed by atoms with Crippen molar-refractivity contribution in [3.8, 4) is 11.5 Å². The van der Waals surface area contributed by atoms with Crippen molar-refractivity contribution in [3.63, 3.8) is 0 Å². The number of halogens is 2. The monoisotopic (exact) mass is 326 g/mol. The smallest absolute Gasteiger partial charge is 0.127 e. The Labute approximate surface area is 134 Å². The van der Waals surface area contributed by atoms with Crippen LogP contribution >= 0.6 is 23.2 Å². The number of nitrogens with zero attached hydrogens (tertiary/aromatic N) is 1. The van der Waals surface area contributed by atoms with E-state index in [0.717, 1.165) is 5.56 Å². The molecule has 1 unspecified atom stereocenters. The van der Waals surface area contributed by atoms with Crippen LogP contribution in [0.15, 0.2) is 30.5 Å². The minimum Gasteiger partial charge on any atom is -0.496 e. The van der Waals surface area contributed by atoms with E-state index in [0.29, 0.717) is 27.2 Å². The maximum absolute atomic E-state index is 6.28. The van der Waals surface area contributed by atoms with Gasteiger partial charge in [0, 0.05) is 6.20 Å². The van der Waals surface area contributed by atoms with Crippen molar-refractivity contribution >= 4 is 23.2 Å². The Morgan fingerprint density at radius 1 is 1.14 bits per heavy atom. The quantitative estimate of drug-likeness (QED) is 0.909. The number of hydrogen-bond donors (Lipinski definition) is 1. The van der Waals surface area contributed by atoms with Crippen LogP contribution in [0.1, 0.15) is 17.3 Å². The second kappa shape index (κ2) is 6.98. The predicted molar refractivity (Wildman–Crippen MR) is 84.7 cm³/mol. The summed E-state index contributed by atoms with van der Waals surface area (Å²) < 4.78 is 10.9. The molecule has 2 aromatic rings. The van der Waals surface area contributed by atoms with E-state index in [9.17, 15) is 0 Å². The van der Waals surface area contributed by atoms with Crippen LogP contribution in [0.3, 0.4) is 0 Å². The summed E-state index contributed by atoms with van der Waals surface area (Å²) in [5.74, 6) is 1.39. The van der Waals surface area contributed by atoms with Crippen molar-refractivity contribution in [1.82, 2.24) is 10.3 Å². The van der Waals surface area contributed by atoms with Gasteiger partial charge in [-0.05, 0) is 25.2 Å². The van der Waals surface area contributed by atoms with Gasteiger partial charge in [-0.1, -0.05) is 29.3 Å². The number of rotatable bonds is 5. The number of aromatic nitrogens is 1.